The highest BCUT2D eigenvalue weighted by molar-refractivity contribution is 6.00. The van der Waals surface area contributed by atoms with Gasteiger partial charge in [-0.25, -0.2) is 9.37 Å². The Morgan fingerprint density at radius 1 is 1.46 bits per heavy atom. The van der Waals surface area contributed by atoms with Gasteiger partial charge in [-0.1, -0.05) is 6.07 Å². The third-order valence-electron chi connectivity index (χ3n) is 4.12. The zero-order valence-corrected chi connectivity index (χ0v) is 13.4. The molecule has 126 valence electrons. The van der Waals surface area contributed by atoms with Gasteiger partial charge in [-0.3, -0.25) is 9.59 Å². The molecule has 24 heavy (non-hydrogen) atoms. The van der Waals surface area contributed by atoms with Crippen LogP contribution in [0.5, 0.6) is 0 Å². The number of hydrogen-bond acceptors (Lipinski definition) is 3. The van der Waals surface area contributed by atoms with Crippen molar-refractivity contribution in [1.82, 2.24) is 14.9 Å². The summed E-state index contributed by atoms with van der Waals surface area (Å²) < 4.78 is 15.9. The van der Waals surface area contributed by atoms with Gasteiger partial charge in [-0.05, 0) is 24.6 Å². The zero-order chi connectivity index (χ0) is 17.1. The van der Waals surface area contributed by atoms with E-state index < -0.39 is 11.7 Å². The minimum atomic E-state index is -0.457. The summed E-state index contributed by atoms with van der Waals surface area (Å²) in [5, 5.41) is 2.82. The molecule has 0 spiro atoms. The summed E-state index contributed by atoms with van der Waals surface area (Å²) in [6.45, 7) is 3.06. The maximum absolute atomic E-state index is 14.1. The maximum atomic E-state index is 14.1. The van der Waals surface area contributed by atoms with Crippen LogP contribution in [0.3, 0.4) is 0 Å². The average Bonchev–Trinajstić information content (AvgIpc) is 3.17. The molecule has 1 aliphatic heterocycles. The largest absolute Gasteiger partial charge is 0.354 e. The van der Waals surface area contributed by atoms with E-state index in [0.717, 1.165) is 5.56 Å². The summed E-state index contributed by atoms with van der Waals surface area (Å²) in [5.41, 5.74) is 1.02. The van der Waals surface area contributed by atoms with Crippen LogP contribution >= 0.6 is 0 Å². The molecule has 0 aliphatic carbocycles. The molecule has 6 nitrogen and oxygen atoms in total. The second-order valence-corrected chi connectivity index (χ2v) is 5.95. The number of hydrogen-bond donors (Lipinski definition) is 1. The minimum absolute atomic E-state index is 0.101. The van der Waals surface area contributed by atoms with Gasteiger partial charge in [0.25, 0.3) is 0 Å². The second kappa shape index (κ2) is 6.82. The first kappa shape index (κ1) is 16.2. The lowest BCUT2D eigenvalue weighted by molar-refractivity contribution is -0.126. The fourth-order valence-electron chi connectivity index (χ4n) is 2.82. The number of carbonyl (C=O) groups is 2. The number of carbonyl (C=O) groups excluding carboxylic acids is 2. The molecule has 1 atom stereocenters. The third-order valence-corrected chi connectivity index (χ3v) is 4.12. The van der Waals surface area contributed by atoms with Gasteiger partial charge in [0.2, 0.25) is 11.8 Å². The molecule has 0 radical (unpaired) electrons. The van der Waals surface area contributed by atoms with Crippen molar-refractivity contribution in [3.63, 3.8) is 0 Å². The van der Waals surface area contributed by atoms with Gasteiger partial charge in [-0.15, -0.1) is 0 Å². The number of benzene rings is 1. The number of aromatic nitrogens is 2. The van der Waals surface area contributed by atoms with Crippen LogP contribution in [-0.2, 0) is 16.1 Å². The number of anilines is 1. The molecular formula is C17H19FN4O2. The molecule has 0 unspecified atom stereocenters. The minimum Gasteiger partial charge on any atom is -0.354 e. The number of amides is 2. The zero-order valence-electron chi connectivity index (χ0n) is 13.4. The lowest BCUT2D eigenvalue weighted by atomic mass is 10.1. The highest BCUT2D eigenvalue weighted by atomic mass is 19.1. The standard InChI is InChI=1S/C17H19FN4O2/c1-12-2-3-15(14(18)8-12)22-10-13(9-16(22)23)17(24)20-5-7-21-6-4-19-11-21/h2-4,6,8,11,13H,5,7,9-10H2,1H3,(H,20,24)/t13-/m1/s1. The first-order valence-corrected chi connectivity index (χ1v) is 7.84. The quantitative estimate of drug-likeness (QED) is 0.903. The van der Waals surface area contributed by atoms with Gasteiger partial charge in [0, 0.05) is 38.4 Å². The number of rotatable bonds is 5. The van der Waals surface area contributed by atoms with Crippen molar-refractivity contribution in [3.05, 3.63) is 48.3 Å². The van der Waals surface area contributed by atoms with Crippen molar-refractivity contribution >= 4 is 17.5 Å². The van der Waals surface area contributed by atoms with Gasteiger partial charge in [0.05, 0.1) is 17.9 Å². The highest BCUT2D eigenvalue weighted by Gasteiger charge is 2.35. The van der Waals surface area contributed by atoms with Gasteiger partial charge >= 0.3 is 0 Å². The molecule has 1 fully saturated rings. The predicted octanol–water partition coefficient (Wildman–Crippen LogP) is 1.50. The first-order valence-electron chi connectivity index (χ1n) is 7.84. The van der Waals surface area contributed by atoms with E-state index in [1.54, 1.807) is 31.6 Å². The van der Waals surface area contributed by atoms with E-state index in [9.17, 15) is 14.0 Å². The Kier molecular flexibility index (Phi) is 4.59. The molecular weight excluding hydrogens is 311 g/mol. The number of halogens is 1. The smallest absolute Gasteiger partial charge is 0.227 e. The Morgan fingerprint density at radius 3 is 3.00 bits per heavy atom. The van der Waals surface area contributed by atoms with Crippen LogP contribution in [-0.4, -0.2) is 34.5 Å². The maximum Gasteiger partial charge on any atom is 0.227 e. The molecule has 1 aromatic carbocycles. The van der Waals surface area contributed by atoms with Gasteiger partial charge in [0.15, 0.2) is 0 Å². The number of nitrogens with zero attached hydrogens (tertiary/aromatic N) is 3. The Labute approximate surface area is 139 Å². The van der Waals surface area contributed by atoms with E-state index in [2.05, 4.69) is 10.3 Å². The van der Waals surface area contributed by atoms with E-state index >= 15 is 0 Å². The molecule has 1 aliphatic rings. The lowest BCUT2D eigenvalue weighted by Gasteiger charge is -2.17. The monoisotopic (exact) mass is 330 g/mol. The van der Waals surface area contributed by atoms with E-state index in [0.29, 0.717) is 13.1 Å². The van der Waals surface area contributed by atoms with Crippen LogP contribution in [0.15, 0.2) is 36.9 Å². The van der Waals surface area contributed by atoms with Gasteiger partial charge in [0.1, 0.15) is 5.82 Å². The SMILES string of the molecule is Cc1ccc(N2C[C@H](C(=O)NCCn3ccnc3)CC2=O)c(F)c1. The second-order valence-electron chi connectivity index (χ2n) is 5.95. The molecule has 1 saturated heterocycles. The molecule has 3 rings (SSSR count). The van der Waals surface area contributed by atoms with E-state index in [1.807, 2.05) is 10.8 Å². The van der Waals surface area contributed by atoms with Crippen LogP contribution < -0.4 is 10.2 Å². The third kappa shape index (κ3) is 3.45. The number of aryl methyl sites for hydroxylation is 1. The van der Waals surface area contributed by atoms with E-state index in [1.165, 1.54) is 11.0 Å². The fourth-order valence-corrected chi connectivity index (χ4v) is 2.82. The van der Waals surface area contributed by atoms with Crippen molar-refractivity contribution in [1.29, 1.82) is 0 Å². The summed E-state index contributed by atoms with van der Waals surface area (Å²) in [6.07, 6.45) is 5.26. The van der Waals surface area contributed by atoms with Crippen LogP contribution in [0.25, 0.3) is 0 Å². The first-order chi connectivity index (χ1) is 11.5. The van der Waals surface area contributed by atoms with Crippen LogP contribution in [0, 0.1) is 18.7 Å². The molecule has 1 aromatic heterocycles. The Hall–Kier alpha value is -2.70. The topological polar surface area (TPSA) is 67.2 Å². The van der Waals surface area contributed by atoms with Crippen molar-refractivity contribution in [2.24, 2.45) is 5.92 Å². The van der Waals surface area contributed by atoms with Crippen molar-refractivity contribution in [2.45, 2.75) is 19.9 Å². The van der Waals surface area contributed by atoms with E-state index in [-0.39, 0.29) is 30.5 Å². The average molecular weight is 330 g/mol. The molecule has 2 amide bonds. The lowest BCUT2D eigenvalue weighted by Crippen LogP contribution is -2.34. The van der Waals surface area contributed by atoms with Crippen LogP contribution in [0.2, 0.25) is 0 Å². The normalized spacial score (nSPS) is 17.3. The predicted molar refractivity (Wildman–Crippen MR) is 86.8 cm³/mol. The van der Waals surface area contributed by atoms with Crippen LogP contribution in [0.1, 0.15) is 12.0 Å². The molecule has 1 N–H and O–H groups in total. The molecule has 2 aromatic rings. The summed E-state index contributed by atoms with van der Waals surface area (Å²) in [4.78, 5) is 29.7. The number of imidazole rings is 1. The fraction of sp³-hybridized carbons (Fsp3) is 0.353. The summed E-state index contributed by atoms with van der Waals surface area (Å²) in [7, 11) is 0. The molecule has 0 bridgehead atoms. The molecule has 0 saturated carbocycles. The Balaban J connectivity index is 1.58. The number of nitrogens with one attached hydrogen (secondary N) is 1. The Morgan fingerprint density at radius 2 is 2.29 bits per heavy atom. The van der Waals surface area contributed by atoms with Gasteiger partial charge < -0.3 is 14.8 Å². The molecule has 7 heteroatoms. The van der Waals surface area contributed by atoms with Crippen LogP contribution in [0.4, 0.5) is 10.1 Å². The Bertz CT molecular complexity index is 745. The van der Waals surface area contributed by atoms with Crippen molar-refractivity contribution < 1.29 is 14.0 Å². The van der Waals surface area contributed by atoms with Crippen molar-refractivity contribution in [2.75, 3.05) is 18.0 Å². The summed E-state index contributed by atoms with van der Waals surface area (Å²) in [5.74, 6) is -1.31. The van der Waals surface area contributed by atoms with Gasteiger partial charge in [-0.2, -0.15) is 0 Å². The molecule has 2 heterocycles. The highest BCUT2D eigenvalue weighted by Crippen LogP contribution is 2.28. The van der Waals surface area contributed by atoms with E-state index in [4.69, 9.17) is 0 Å². The summed E-state index contributed by atoms with van der Waals surface area (Å²) in [6, 6.07) is 4.73. The summed E-state index contributed by atoms with van der Waals surface area (Å²) >= 11 is 0. The van der Waals surface area contributed by atoms with Crippen molar-refractivity contribution in [3.8, 4) is 0 Å².